The van der Waals surface area contributed by atoms with Crippen LogP contribution >= 0.6 is 10.0 Å². The summed E-state index contributed by atoms with van der Waals surface area (Å²) in [5, 5.41) is 0. The summed E-state index contributed by atoms with van der Waals surface area (Å²) in [5.74, 6) is 8.57. The van der Waals surface area contributed by atoms with E-state index in [4.69, 9.17) is 0 Å². The van der Waals surface area contributed by atoms with Crippen LogP contribution in [0.3, 0.4) is 0 Å². The van der Waals surface area contributed by atoms with Gasteiger partial charge in [-0.15, -0.1) is 0 Å². The lowest BCUT2D eigenvalue weighted by Gasteiger charge is -2.43. The summed E-state index contributed by atoms with van der Waals surface area (Å²) in [7, 11) is -0.317. The summed E-state index contributed by atoms with van der Waals surface area (Å²) >= 11 is 0. The van der Waals surface area contributed by atoms with Crippen molar-refractivity contribution in [1.82, 2.24) is 0 Å². The molecule has 0 aromatic carbocycles. The highest BCUT2D eigenvalue weighted by Gasteiger charge is 2.53. The highest BCUT2D eigenvalue weighted by molar-refractivity contribution is 8.32. The van der Waals surface area contributed by atoms with Crippen LogP contribution in [0.2, 0.25) is 0 Å². The fraction of sp³-hybridized carbons (Fsp3) is 1.00. The number of rotatable bonds is 4. The summed E-state index contributed by atoms with van der Waals surface area (Å²) < 4.78 is 0. The van der Waals surface area contributed by atoms with E-state index in [0.29, 0.717) is 0 Å². The Morgan fingerprint density at radius 3 is 1.89 bits per heavy atom. The minimum absolute atomic E-state index is 0.317. The number of hydrogen-bond acceptors (Lipinski definition) is 0. The molecule has 0 spiro atoms. The van der Waals surface area contributed by atoms with Crippen molar-refractivity contribution in [3.8, 4) is 0 Å². The molecule has 0 aliphatic heterocycles. The lowest BCUT2D eigenvalue weighted by atomic mass is 9.66. The topological polar surface area (TPSA) is 0 Å². The molecule has 2 rings (SSSR count). The average Bonchev–Trinajstić information content (AvgIpc) is 2.70. The highest BCUT2D eigenvalue weighted by atomic mass is 32.3. The maximum absolute atomic E-state index is 2.50. The Kier molecular flexibility index (Phi) is 4.13. The normalized spacial score (nSPS) is 41.1. The Labute approximate surface area is 117 Å². The van der Waals surface area contributed by atoms with Gasteiger partial charge in [0, 0.05) is 0 Å². The van der Waals surface area contributed by atoms with Gasteiger partial charge in [-0.1, -0.05) is 27.7 Å². The molecule has 0 nitrogen and oxygen atoms in total. The molecule has 0 N–H and O–H groups in total. The molecule has 0 aromatic rings. The molecule has 0 aromatic heterocycles. The second-order valence-corrected chi connectivity index (χ2v) is 13.1. The van der Waals surface area contributed by atoms with Crippen LogP contribution in [0.15, 0.2) is 0 Å². The van der Waals surface area contributed by atoms with E-state index in [2.05, 4.69) is 46.5 Å². The van der Waals surface area contributed by atoms with Crippen LogP contribution in [0, 0.1) is 41.4 Å². The lowest BCUT2D eigenvalue weighted by Crippen LogP contribution is -2.36. The average molecular weight is 271 g/mol. The van der Waals surface area contributed by atoms with Crippen LogP contribution in [0.4, 0.5) is 0 Å². The molecule has 0 radical (unpaired) electrons. The summed E-state index contributed by atoms with van der Waals surface area (Å²) in [6.07, 6.45) is 10.6. The summed E-state index contributed by atoms with van der Waals surface area (Å²) in [6.45, 7) is 9.87. The molecule has 2 bridgehead atoms. The van der Waals surface area contributed by atoms with Crippen LogP contribution in [-0.4, -0.2) is 24.5 Å². The predicted octanol–water partition coefficient (Wildman–Crippen LogP) is 4.88. The lowest BCUT2D eigenvalue weighted by molar-refractivity contribution is 0.0936. The van der Waals surface area contributed by atoms with Gasteiger partial charge in [-0.3, -0.25) is 0 Å². The molecule has 2 aliphatic carbocycles. The van der Waals surface area contributed by atoms with Gasteiger partial charge < -0.3 is 0 Å². The van der Waals surface area contributed by atoms with E-state index in [9.17, 15) is 0 Å². The fourth-order valence-corrected chi connectivity index (χ4v) is 7.02. The molecule has 0 amide bonds. The van der Waals surface area contributed by atoms with Gasteiger partial charge in [-0.25, -0.2) is 10.0 Å². The van der Waals surface area contributed by atoms with E-state index < -0.39 is 0 Å². The van der Waals surface area contributed by atoms with Gasteiger partial charge in [0.1, 0.15) is 0 Å². The summed E-state index contributed by atoms with van der Waals surface area (Å²) in [4.78, 5) is 0. The van der Waals surface area contributed by atoms with Crippen LogP contribution < -0.4 is 0 Å². The molecular weight excluding hydrogens is 236 g/mol. The largest absolute Gasteiger partial charge is 0.249 e. The van der Waals surface area contributed by atoms with Crippen LogP contribution in [-0.2, 0) is 0 Å². The first-order chi connectivity index (χ1) is 8.20. The number of hydrogen-bond donors (Lipinski definition) is 0. The van der Waals surface area contributed by atoms with Gasteiger partial charge in [-0.05, 0) is 78.8 Å². The zero-order valence-corrected chi connectivity index (χ0v) is 14.4. The van der Waals surface area contributed by atoms with Crippen molar-refractivity contribution in [2.45, 2.75) is 40.5 Å². The van der Waals surface area contributed by atoms with E-state index in [1.807, 2.05) is 0 Å². The molecule has 0 saturated heterocycles. The van der Waals surface area contributed by atoms with Crippen molar-refractivity contribution in [3.63, 3.8) is 0 Å². The van der Waals surface area contributed by atoms with Crippen molar-refractivity contribution in [2.75, 3.05) is 24.5 Å². The van der Waals surface area contributed by atoms with Crippen molar-refractivity contribution in [3.05, 3.63) is 0 Å². The highest BCUT2D eigenvalue weighted by Crippen LogP contribution is 2.61. The van der Waals surface area contributed by atoms with Crippen LogP contribution in [0.5, 0.6) is 0 Å². The first-order valence-corrected chi connectivity index (χ1v) is 10.9. The van der Waals surface area contributed by atoms with Crippen LogP contribution in [0.25, 0.3) is 0 Å². The fourth-order valence-electron chi connectivity index (χ4n) is 5.35. The van der Waals surface area contributed by atoms with Crippen molar-refractivity contribution in [2.24, 2.45) is 41.4 Å². The maximum Gasteiger partial charge on any atom is -0.0204 e. The molecule has 5 atom stereocenters. The Bertz CT molecular complexity index is 286. The molecule has 2 saturated carbocycles. The quantitative estimate of drug-likeness (QED) is 0.683. The first-order valence-electron chi connectivity index (χ1n) is 7.86. The zero-order valence-electron chi connectivity index (χ0n) is 13.6. The first kappa shape index (κ1) is 14.8. The van der Waals surface area contributed by atoms with E-state index in [-0.39, 0.29) is 10.0 Å². The maximum atomic E-state index is 2.50. The molecule has 18 heavy (non-hydrogen) atoms. The monoisotopic (exact) mass is 270 g/mol. The predicted molar refractivity (Wildman–Crippen MR) is 86.6 cm³/mol. The molecule has 1 heteroatoms. The van der Waals surface area contributed by atoms with Crippen molar-refractivity contribution < 1.29 is 0 Å². The minimum atomic E-state index is -0.317. The third-order valence-corrected chi connectivity index (χ3v) is 6.95. The zero-order chi connectivity index (χ0) is 13.7. The second-order valence-electron chi connectivity index (χ2n) is 8.56. The Morgan fingerprint density at radius 1 is 0.889 bits per heavy atom. The molecule has 0 heterocycles. The second kappa shape index (κ2) is 5.04. The van der Waals surface area contributed by atoms with Crippen molar-refractivity contribution in [1.29, 1.82) is 0 Å². The van der Waals surface area contributed by atoms with E-state index in [1.54, 1.807) is 12.8 Å². The Balaban J connectivity index is 2.12. The van der Waals surface area contributed by atoms with E-state index in [1.165, 1.54) is 5.75 Å². The molecule has 108 valence electrons. The van der Waals surface area contributed by atoms with Crippen molar-refractivity contribution >= 4 is 10.0 Å². The van der Waals surface area contributed by atoms with Gasteiger partial charge >= 0.3 is 0 Å². The summed E-state index contributed by atoms with van der Waals surface area (Å²) in [5.41, 5.74) is 0. The number of fused-ring (bicyclic) bond motifs is 2. The van der Waals surface area contributed by atoms with Crippen LogP contribution in [0.1, 0.15) is 40.5 Å². The third-order valence-electron chi connectivity index (χ3n) is 5.52. The van der Waals surface area contributed by atoms with Gasteiger partial charge in [0.15, 0.2) is 0 Å². The molecule has 2 aliphatic rings. The third kappa shape index (κ3) is 2.76. The minimum Gasteiger partial charge on any atom is -0.249 e. The Hall–Kier alpha value is 0.350. The molecule has 5 unspecified atom stereocenters. The summed E-state index contributed by atoms with van der Waals surface area (Å²) in [6, 6.07) is 0. The van der Waals surface area contributed by atoms with Gasteiger partial charge in [0.05, 0.1) is 0 Å². The smallest absolute Gasteiger partial charge is 0.0204 e. The van der Waals surface area contributed by atoms with E-state index >= 15 is 0 Å². The molecular formula is C17H34S. The van der Waals surface area contributed by atoms with E-state index in [0.717, 1.165) is 41.4 Å². The van der Waals surface area contributed by atoms with Gasteiger partial charge in [0.2, 0.25) is 0 Å². The van der Waals surface area contributed by atoms with Gasteiger partial charge in [0.25, 0.3) is 0 Å². The Morgan fingerprint density at radius 2 is 1.44 bits per heavy atom. The molecule has 2 fully saturated rings. The standard InChI is InChI=1S/C17H34S/c1-11(2)16-13-8-14(10-18(5,6)7)15(9-13)17(16)12(3)4/h11-17H,8-10H2,1-7H3. The van der Waals surface area contributed by atoms with Gasteiger partial charge in [-0.2, -0.15) is 0 Å². The SMILES string of the molecule is CC(C)C1C2CC(CS(C)(C)C)C(C2)C1C(C)C.